The molecule has 2 rings (SSSR count). The van der Waals surface area contributed by atoms with Gasteiger partial charge in [-0.05, 0) is 45.7 Å². The van der Waals surface area contributed by atoms with E-state index in [0.29, 0.717) is 15.6 Å². The van der Waals surface area contributed by atoms with E-state index in [4.69, 9.17) is 23.2 Å². The smallest absolute Gasteiger partial charge is 0.251 e. The van der Waals surface area contributed by atoms with Gasteiger partial charge in [-0.25, -0.2) is 0 Å². The lowest BCUT2D eigenvalue weighted by Crippen LogP contribution is -2.37. The number of carbonyl (C=O) groups is 3. The van der Waals surface area contributed by atoms with Crippen LogP contribution in [0.4, 0.5) is 0 Å². The number of carbonyl (C=O) groups excluding carboxylic acids is 3. The third-order valence-corrected chi connectivity index (χ3v) is 4.53. The monoisotopic (exact) mass is 414 g/mol. The third kappa shape index (κ3) is 10.2. The van der Waals surface area contributed by atoms with E-state index in [0.717, 1.165) is 19.4 Å². The number of rotatable bonds is 2. The summed E-state index contributed by atoms with van der Waals surface area (Å²) in [5.41, 5.74) is 0.699. The highest BCUT2D eigenvalue weighted by Gasteiger charge is 2.29. The number of hydrogen-bond acceptors (Lipinski definition) is 3. The number of likely N-dealkylation sites (tertiary alicyclic amines) is 1. The van der Waals surface area contributed by atoms with Gasteiger partial charge in [-0.2, -0.15) is 0 Å². The van der Waals surface area contributed by atoms with E-state index in [2.05, 4.69) is 5.32 Å². The van der Waals surface area contributed by atoms with Crippen LogP contribution < -0.4 is 5.32 Å². The van der Waals surface area contributed by atoms with Gasteiger partial charge in [-0.1, -0.05) is 41.4 Å². The van der Waals surface area contributed by atoms with E-state index >= 15 is 0 Å². The van der Waals surface area contributed by atoms with Gasteiger partial charge < -0.3 is 10.2 Å². The molecule has 1 saturated heterocycles. The molecule has 7 heteroatoms. The fourth-order valence-corrected chi connectivity index (χ4v) is 2.30. The minimum absolute atomic E-state index is 0.0164. The normalized spacial score (nSPS) is 16.1. The van der Waals surface area contributed by atoms with Crippen molar-refractivity contribution in [2.75, 3.05) is 13.6 Å². The van der Waals surface area contributed by atoms with Crippen LogP contribution in [0.25, 0.3) is 0 Å². The quantitative estimate of drug-likeness (QED) is 0.781. The number of ketones is 1. The molecule has 1 heterocycles. The van der Waals surface area contributed by atoms with Crippen molar-refractivity contribution in [3.63, 3.8) is 0 Å². The Balaban J connectivity index is 0.000000394. The molecule has 5 nitrogen and oxygen atoms in total. The first-order valence-electron chi connectivity index (χ1n) is 8.65. The molecule has 0 aliphatic carbocycles. The number of halogens is 2. The van der Waals surface area contributed by atoms with Gasteiger partial charge in [0.05, 0.1) is 6.04 Å². The molecule has 1 aromatic carbocycles. The van der Waals surface area contributed by atoms with Crippen molar-refractivity contribution in [2.45, 2.75) is 46.6 Å². The topological polar surface area (TPSA) is 66.5 Å². The number of nitrogens with one attached hydrogen (secondary N) is 1. The van der Waals surface area contributed by atoms with Crippen LogP contribution in [0.1, 0.15) is 50.9 Å². The summed E-state index contributed by atoms with van der Waals surface area (Å²) in [6.45, 7) is 7.32. The second kappa shape index (κ2) is 13.3. The molecule has 0 spiro atoms. The maximum atomic E-state index is 11.0. The van der Waals surface area contributed by atoms with E-state index < -0.39 is 0 Å². The number of hydrogen-bond donors (Lipinski definition) is 1. The lowest BCUT2D eigenvalue weighted by atomic mass is 10.1. The fourth-order valence-electron chi connectivity index (χ4n) is 2.30. The highest BCUT2D eigenvalue weighted by molar-refractivity contribution is 6.38. The zero-order valence-electron chi connectivity index (χ0n) is 16.5. The molecule has 1 N–H and O–H groups in total. The number of nitrogens with zero attached hydrogens (tertiary/aromatic N) is 1. The standard InChI is InChI=1S/C8H13NO2.C8H9NO.C4H6Cl2/c1-6(10)8-4-3-5-9(8)7(2)11;1-9-8(10)7-5-3-2-4-6-7;1-3(5)4(2)6/h8H,3-5H2,1-2H3;2-6H,1H3,(H,9,10);1-2H3/b;;4-3-. The predicted octanol–water partition coefficient (Wildman–Crippen LogP) is 4.35. The van der Waals surface area contributed by atoms with E-state index in [1.165, 1.54) is 6.92 Å². The Morgan fingerprint density at radius 1 is 1.00 bits per heavy atom. The molecule has 0 saturated carbocycles. The molecular formula is C20H28Cl2N2O3. The molecule has 1 aromatic rings. The molecule has 2 amide bonds. The summed E-state index contributed by atoms with van der Waals surface area (Å²) < 4.78 is 0. The Bertz CT molecular complexity index is 622. The largest absolute Gasteiger partial charge is 0.355 e. The van der Waals surface area contributed by atoms with Crippen molar-refractivity contribution in [2.24, 2.45) is 0 Å². The summed E-state index contributed by atoms with van der Waals surface area (Å²) in [7, 11) is 1.62. The highest BCUT2D eigenvalue weighted by atomic mass is 35.5. The number of Topliss-reactive ketones (excluding diaryl/α,β-unsaturated/α-hetero) is 1. The van der Waals surface area contributed by atoms with Crippen LogP contribution in [-0.4, -0.2) is 42.1 Å². The van der Waals surface area contributed by atoms with Gasteiger partial charge in [0, 0.05) is 36.1 Å². The van der Waals surface area contributed by atoms with Gasteiger partial charge in [-0.3, -0.25) is 14.4 Å². The molecule has 1 aliphatic rings. The first-order chi connectivity index (χ1) is 12.6. The van der Waals surface area contributed by atoms with Crippen molar-refractivity contribution in [1.82, 2.24) is 10.2 Å². The zero-order chi connectivity index (χ0) is 21.0. The Kier molecular flexibility index (Phi) is 12.4. The van der Waals surface area contributed by atoms with Gasteiger partial charge in [-0.15, -0.1) is 0 Å². The maximum absolute atomic E-state index is 11.0. The van der Waals surface area contributed by atoms with Crippen LogP contribution in [0.15, 0.2) is 40.4 Å². The first-order valence-corrected chi connectivity index (χ1v) is 9.40. The summed E-state index contributed by atoms with van der Waals surface area (Å²) >= 11 is 10.7. The Morgan fingerprint density at radius 3 is 1.85 bits per heavy atom. The number of benzene rings is 1. The van der Waals surface area contributed by atoms with Gasteiger partial charge in [0.2, 0.25) is 5.91 Å². The van der Waals surface area contributed by atoms with Crippen LogP contribution >= 0.6 is 23.2 Å². The SMILES string of the molecule is C/C(Cl)=C(\C)Cl.CC(=O)C1CCCN1C(C)=O.CNC(=O)c1ccccc1. The van der Waals surface area contributed by atoms with Gasteiger partial charge >= 0.3 is 0 Å². The Labute approximate surface area is 171 Å². The molecule has 1 aliphatic heterocycles. The fraction of sp³-hybridized carbons (Fsp3) is 0.450. The molecular weight excluding hydrogens is 387 g/mol. The second-order valence-electron chi connectivity index (χ2n) is 5.99. The van der Waals surface area contributed by atoms with Gasteiger partial charge in [0.25, 0.3) is 5.91 Å². The molecule has 0 bridgehead atoms. The molecule has 0 radical (unpaired) electrons. The van der Waals surface area contributed by atoms with Crippen LogP contribution in [0.5, 0.6) is 0 Å². The van der Waals surface area contributed by atoms with E-state index in [-0.39, 0.29) is 23.6 Å². The van der Waals surface area contributed by atoms with Crippen molar-refractivity contribution in [3.8, 4) is 0 Å². The van der Waals surface area contributed by atoms with Crippen molar-refractivity contribution < 1.29 is 14.4 Å². The second-order valence-corrected chi connectivity index (χ2v) is 7.13. The van der Waals surface area contributed by atoms with Crippen molar-refractivity contribution in [1.29, 1.82) is 0 Å². The summed E-state index contributed by atoms with van der Waals surface area (Å²) in [6.07, 6.45) is 1.80. The molecule has 1 unspecified atom stereocenters. The molecule has 150 valence electrons. The van der Waals surface area contributed by atoms with E-state index in [1.807, 2.05) is 18.2 Å². The number of amides is 2. The molecule has 1 atom stereocenters. The van der Waals surface area contributed by atoms with Crippen molar-refractivity contribution >= 4 is 40.8 Å². The summed E-state index contributed by atoms with van der Waals surface area (Å²) in [6, 6.07) is 8.98. The summed E-state index contributed by atoms with van der Waals surface area (Å²) in [4.78, 5) is 34.5. The average molecular weight is 415 g/mol. The third-order valence-electron chi connectivity index (χ3n) is 3.86. The summed E-state index contributed by atoms with van der Waals surface area (Å²) in [5.74, 6) is 0.0843. The minimum atomic E-state index is -0.132. The lowest BCUT2D eigenvalue weighted by molar-refractivity contribution is -0.135. The zero-order valence-corrected chi connectivity index (χ0v) is 18.0. The molecule has 27 heavy (non-hydrogen) atoms. The summed E-state index contributed by atoms with van der Waals surface area (Å²) in [5, 5.41) is 3.87. The van der Waals surface area contributed by atoms with E-state index in [9.17, 15) is 14.4 Å². The highest BCUT2D eigenvalue weighted by Crippen LogP contribution is 2.17. The first kappa shape index (κ1) is 25.1. The van der Waals surface area contributed by atoms with E-state index in [1.54, 1.807) is 44.9 Å². The van der Waals surface area contributed by atoms with Gasteiger partial charge in [0.15, 0.2) is 5.78 Å². The Hall–Kier alpha value is -1.85. The molecule has 1 fully saturated rings. The number of allylic oxidation sites excluding steroid dienone is 2. The van der Waals surface area contributed by atoms with Crippen LogP contribution in [0.3, 0.4) is 0 Å². The van der Waals surface area contributed by atoms with Crippen LogP contribution in [-0.2, 0) is 9.59 Å². The minimum Gasteiger partial charge on any atom is -0.355 e. The average Bonchev–Trinajstić information content (AvgIpc) is 3.13. The predicted molar refractivity (Wildman–Crippen MR) is 111 cm³/mol. The van der Waals surface area contributed by atoms with Crippen LogP contribution in [0, 0.1) is 0 Å². The Morgan fingerprint density at radius 2 is 1.52 bits per heavy atom. The maximum Gasteiger partial charge on any atom is 0.251 e. The van der Waals surface area contributed by atoms with Gasteiger partial charge in [0.1, 0.15) is 0 Å². The lowest BCUT2D eigenvalue weighted by Gasteiger charge is -2.20. The van der Waals surface area contributed by atoms with Crippen LogP contribution in [0.2, 0.25) is 0 Å². The molecule has 0 aromatic heterocycles. The van der Waals surface area contributed by atoms with Crippen molar-refractivity contribution in [3.05, 3.63) is 46.0 Å².